The molecule has 0 aromatic rings. The van der Waals surface area contributed by atoms with E-state index in [9.17, 15) is 4.79 Å². The van der Waals surface area contributed by atoms with Crippen molar-refractivity contribution in [3.63, 3.8) is 0 Å². The van der Waals surface area contributed by atoms with Gasteiger partial charge in [-0.3, -0.25) is 4.79 Å². The van der Waals surface area contributed by atoms with E-state index < -0.39 is 0 Å². The Balaban J connectivity index is 3.36. The summed E-state index contributed by atoms with van der Waals surface area (Å²) in [5.41, 5.74) is 0. The van der Waals surface area contributed by atoms with Crippen molar-refractivity contribution in [2.45, 2.75) is 39.5 Å². The van der Waals surface area contributed by atoms with Crippen molar-refractivity contribution in [3.8, 4) is 0 Å². The fourth-order valence-electron chi connectivity index (χ4n) is 1.06. The summed E-state index contributed by atoms with van der Waals surface area (Å²) in [5.74, 6) is -0.214. The third-order valence-corrected chi connectivity index (χ3v) is 1.87. The second kappa shape index (κ2) is 11.8. The molecule has 0 rings (SSSR count). The Bertz CT molecular complexity index is 249. The number of esters is 1. The molecular weight excluding hydrogens is 200 g/mol. The Morgan fingerprint density at radius 1 is 1.06 bits per heavy atom. The molecule has 16 heavy (non-hydrogen) atoms. The number of allylic oxidation sites excluding steroid dienone is 5. The molecule has 0 radical (unpaired) electrons. The van der Waals surface area contributed by atoms with E-state index in [0.29, 0.717) is 6.61 Å². The molecule has 0 amide bonds. The molecular formula is C14H22O2. The Hall–Kier alpha value is -1.31. The van der Waals surface area contributed by atoms with E-state index in [1.165, 1.54) is 13.3 Å². The van der Waals surface area contributed by atoms with E-state index in [1.807, 2.05) is 6.08 Å². The highest BCUT2D eigenvalue weighted by atomic mass is 16.5. The third-order valence-electron chi connectivity index (χ3n) is 1.87. The van der Waals surface area contributed by atoms with E-state index in [1.54, 1.807) is 0 Å². The normalized spacial score (nSPS) is 11.9. The molecule has 0 aliphatic carbocycles. The molecule has 0 atom stereocenters. The lowest BCUT2D eigenvalue weighted by molar-refractivity contribution is -0.140. The predicted octanol–water partition coefficient (Wildman–Crippen LogP) is 3.80. The highest BCUT2D eigenvalue weighted by molar-refractivity contribution is 5.65. The maximum absolute atomic E-state index is 10.4. The summed E-state index contributed by atoms with van der Waals surface area (Å²) >= 11 is 0. The first-order valence-electron chi connectivity index (χ1n) is 5.87. The van der Waals surface area contributed by atoms with Gasteiger partial charge in [-0.1, -0.05) is 49.8 Å². The van der Waals surface area contributed by atoms with Gasteiger partial charge in [-0.15, -0.1) is 0 Å². The van der Waals surface area contributed by atoms with Crippen LogP contribution < -0.4 is 0 Å². The van der Waals surface area contributed by atoms with Crippen LogP contribution in [0.2, 0.25) is 0 Å². The monoisotopic (exact) mass is 222 g/mol. The number of unbranched alkanes of at least 4 members (excludes halogenated alkanes) is 1. The molecule has 0 heterocycles. The second-order valence-electron chi connectivity index (χ2n) is 3.48. The van der Waals surface area contributed by atoms with Crippen LogP contribution in [0, 0.1) is 0 Å². The maximum atomic E-state index is 10.4. The predicted molar refractivity (Wildman–Crippen MR) is 68.2 cm³/mol. The maximum Gasteiger partial charge on any atom is 0.302 e. The lowest BCUT2D eigenvalue weighted by atomic mass is 10.3. The summed E-state index contributed by atoms with van der Waals surface area (Å²) in [6.45, 7) is 4.07. The Labute approximate surface area is 98.7 Å². The van der Waals surface area contributed by atoms with E-state index in [-0.39, 0.29) is 5.97 Å². The van der Waals surface area contributed by atoms with E-state index >= 15 is 0 Å². The van der Waals surface area contributed by atoms with Crippen LogP contribution in [0.25, 0.3) is 0 Å². The second-order valence-corrected chi connectivity index (χ2v) is 3.48. The summed E-state index contributed by atoms with van der Waals surface area (Å²) < 4.78 is 4.79. The molecule has 0 saturated carbocycles. The topological polar surface area (TPSA) is 26.3 Å². The van der Waals surface area contributed by atoms with Gasteiger partial charge in [0.2, 0.25) is 0 Å². The van der Waals surface area contributed by atoms with Crippen LogP contribution in [0.15, 0.2) is 36.5 Å². The van der Waals surface area contributed by atoms with Crippen LogP contribution in [-0.4, -0.2) is 12.6 Å². The summed E-state index contributed by atoms with van der Waals surface area (Å²) in [6, 6.07) is 0. The summed E-state index contributed by atoms with van der Waals surface area (Å²) in [4.78, 5) is 10.4. The van der Waals surface area contributed by atoms with Gasteiger partial charge in [-0.05, 0) is 19.3 Å². The minimum Gasteiger partial charge on any atom is -0.466 e. The van der Waals surface area contributed by atoms with Crippen molar-refractivity contribution < 1.29 is 9.53 Å². The van der Waals surface area contributed by atoms with Gasteiger partial charge in [0, 0.05) is 6.92 Å². The molecule has 0 spiro atoms. The van der Waals surface area contributed by atoms with E-state index in [4.69, 9.17) is 4.74 Å². The van der Waals surface area contributed by atoms with Crippen LogP contribution in [0.3, 0.4) is 0 Å². The van der Waals surface area contributed by atoms with E-state index in [0.717, 1.165) is 19.3 Å². The Morgan fingerprint density at radius 3 is 2.50 bits per heavy atom. The van der Waals surface area contributed by atoms with Crippen molar-refractivity contribution in [3.05, 3.63) is 36.5 Å². The Kier molecular flexibility index (Phi) is 10.8. The highest BCUT2D eigenvalue weighted by Crippen LogP contribution is 1.93. The van der Waals surface area contributed by atoms with Gasteiger partial charge in [0.1, 0.15) is 0 Å². The number of carbonyl (C=O) groups is 1. The fraction of sp³-hybridized carbons (Fsp3) is 0.500. The average molecular weight is 222 g/mol. The standard InChI is InChI=1S/C14H22O2/c1-3-4-5-6-7-8-9-10-11-12-13-16-14(2)15/h5-8,10-11H,3-4,9,12-13H2,1-2H3/b6-5-,8-7-,11-10-. The van der Waals surface area contributed by atoms with Gasteiger partial charge in [0.25, 0.3) is 0 Å². The highest BCUT2D eigenvalue weighted by Gasteiger charge is 1.87. The number of hydrogen-bond donors (Lipinski definition) is 0. The van der Waals surface area contributed by atoms with Gasteiger partial charge >= 0.3 is 5.97 Å². The molecule has 0 unspecified atom stereocenters. The van der Waals surface area contributed by atoms with Crippen molar-refractivity contribution in [2.75, 3.05) is 6.61 Å². The molecule has 0 saturated heterocycles. The van der Waals surface area contributed by atoms with Crippen LogP contribution in [0.4, 0.5) is 0 Å². The lowest BCUT2D eigenvalue weighted by Crippen LogP contribution is -1.98. The zero-order valence-electron chi connectivity index (χ0n) is 10.3. The molecule has 0 aromatic carbocycles. The van der Waals surface area contributed by atoms with Crippen molar-refractivity contribution in [1.29, 1.82) is 0 Å². The largest absolute Gasteiger partial charge is 0.466 e. The number of hydrogen-bond acceptors (Lipinski definition) is 2. The van der Waals surface area contributed by atoms with Gasteiger partial charge < -0.3 is 4.74 Å². The van der Waals surface area contributed by atoms with Crippen LogP contribution >= 0.6 is 0 Å². The zero-order chi connectivity index (χ0) is 12.1. The number of carbonyl (C=O) groups excluding carboxylic acids is 1. The minimum absolute atomic E-state index is 0.214. The number of rotatable bonds is 8. The molecule has 0 aliphatic rings. The summed E-state index contributed by atoms with van der Waals surface area (Å²) in [5, 5.41) is 0. The third kappa shape index (κ3) is 12.7. The molecule has 2 heteroatoms. The molecule has 0 aliphatic heterocycles. The molecule has 0 bridgehead atoms. The van der Waals surface area contributed by atoms with E-state index in [2.05, 4.69) is 37.3 Å². The van der Waals surface area contributed by atoms with Crippen LogP contribution in [0.1, 0.15) is 39.5 Å². The first-order chi connectivity index (χ1) is 7.77. The average Bonchev–Trinajstić information content (AvgIpc) is 2.25. The molecule has 2 nitrogen and oxygen atoms in total. The smallest absolute Gasteiger partial charge is 0.302 e. The van der Waals surface area contributed by atoms with Crippen molar-refractivity contribution >= 4 is 5.97 Å². The lowest BCUT2D eigenvalue weighted by Gasteiger charge is -1.95. The SMILES string of the molecule is CCC/C=C\C=C/C/C=C\CCOC(C)=O. The fourth-order valence-corrected chi connectivity index (χ4v) is 1.06. The molecule has 0 aromatic heterocycles. The number of ether oxygens (including phenoxy) is 1. The Morgan fingerprint density at radius 2 is 1.81 bits per heavy atom. The van der Waals surface area contributed by atoms with Crippen LogP contribution in [-0.2, 0) is 9.53 Å². The van der Waals surface area contributed by atoms with Gasteiger partial charge in [0.15, 0.2) is 0 Å². The van der Waals surface area contributed by atoms with Crippen LogP contribution in [0.5, 0.6) is 0 Å². The molecule has 90 valence electrons. The zero-order valence-corrected chi connectivity index (χ0v) is 10.3. The molecule has 0 fully saturated rings. The minimum atomic E-state index is -0.214. The first-order valence-corrected chi connectivity index (χ1v) is 5.87. The molecule has 0 N–H and O–H groups in total. The van der Waals surface area contributed by atoms with Gasteiger partial charge in [-0.2, -0.15) is 0 Å². The first kappa shape index (κ1) is 14.7. The van der Waals surface area contributed by atoms with Gasteiger partial charge in [0.05, 0.1) is 6.61 Å². The summed E-state index contributed by atoms with van der Waals surface area (Å²) in [7, 11) is 0. The van der Waals surface area contributed by atoms with Crippen molar-refractivity contribution in [1.82, 2.24) is 0 Å². The van der Waals surface area contributed by atoms with Crippen molar-refractivity contribution in [2.24, 2.45) is 0 Å². The summed E-state index contributed by atoms with van der Waals surface area (Å²) in [6.07, 6.45) is 16.6. The van der Waals surface area contributed by atoms with Gasteiger partial charge in [-0.25, -0.2) is 0 Å². The quantitative estimate of drug-likeness (QED) is 0.270.